The summed E-state index contributed by atoms with van der Waals surface area (Å²) in [5.41, 5.74) is 5.96. The van der Waals surface area contributed by atoms with Crippen molar-refractivity contribution in [3.8, 4) is 16.9 Å². The minimum Gasteiger partial charge on any atom is -0.373 e. The van der Waals surface area contributed by atoms with Crippen molar-refractivity contribution in [2.24, 2.45) is 0 Å². The zero-order valence-electron chi connectivity index (χ0n) is 23.2. The lowest BCUT2D eigenvalue weighted by atomic mass is 10.1. The molecule has 0 aliphatic carbocycles. The number of allylic oxidation sites excluding steroid dienone is 1. The Morgan fingerprint density at radius 3 is 2.24 bits per heavy atom. The number of benzene rings is 2. The molecule has 1 fully saturated rings. The van der Waals surface area contributed by atoms with Crippen LogP contribution in [0.4, 0.5) is 0 Å². The molecule has 2 aromatic heterocycles. The van der Waals surface area contributed by atoms with Gasteiger partial charge < -0.3 is 9.80 Å². The molecule has 0 atom stereocenters. The summed E-state index contributed by atoms with van der Waals surface area (Å²) >= 11 is 6.44. The highest BCUT2D eigenvalue weighted by atomic mass is 35.5. The van der Waals surface area contributed by atoms with Gasteiger partial charge in [-0.15, -0.1) is 0 Å². The fraction of sp³-hybridized carbons (Fsp3) is 0.312. The van der Waals surface area contributed by atoms with Gasteiger partial charge in [0.05, 0.1) is 21.9 Å². The molecule has 0 amide bonds. The van der Waals surface area contributed by atoms with E-state index in [-0.39, 0.29) is 0 Å². The molecule has 38 heavy (non-hydrogen) atoms. The molecule has 0 bridgehead atoms. The fourth-order valence-electron chi connectivity index (χ4n) is 3.87. The molecule has 0 saturated carbocycles. The number of likely N-dealkylation sites (N-methyl/N-ethyl adjacent to an activating group) is 1. The molecule has 0 N–H and O–H groups in total. The van der Waals surface area contributed by atoms with Crippen LogP contribution in [-0.4, -0.2) is 57.8 Å². The van der Waals surface area contributed by atoms with Crippen LogP contribution in [0.25, 0.3) is 33.9 Å². The Kier molecular flexibility index (Phi) is 11.1. The average Bonchev–Trinajstić information content (AvgIpc) is 3.49. The van der Waals surface area contributed by atoms with Crippen LogP contribution in [0.1, 0.15) is 39.2 Å². The predicted molar refractivity (Wildman–Crippen MR) is 164 cm³/mol. The molecular formula is C32H40ClN5. The van der Waals surface area contributed by atoms with E-state index in [9.17, 15) is 0 Å². The number of nitrogens with zero attached hydrogens (tertiary/aromatic N) is 5. The average molecular weight is 530 g/mol. The van der Waals surface area contributed by atoms with Crippen molar-refractivity contribution < 1.29 is 0 Å². The Labute approximate surface area is 233 Å². The van der Waals surface area contributed by atoms with Crippen molar-refractivity contribution in [1.82, 2.24) is 24.6 Å². The fourth-order valence-corrected chi connectivity index (χ4v) is 4.14. The van der Waals surface area contributed by atoms with Crippen molar-refractivity contribution >= 4 is 28.6 Å². The van der Waals surface area contributed by atoms with Crippen LogP contribution in [0.15, 0.2) is 85.8 Å². The van der Waals surface area contributed by atoms with Crippen LogP contribution in [0.3, 0.4) is 0 Å². The molecule has 0 spiro atoms. The molecule has 0 unspecified atom stereocenters. The van der Waals surface area contributed by atoms with Crippen molar-refractivity contribution in [2.45, 2.75) is 33.6 Å². The molecule has 6 heteroatoms. The first-order valence-corrected chi connectivity index (χ1v) is 13.7. The molecule has 0 radical (unpaired) electrons. The van der Waals surface area contributed by atoms with Gasteiger partial charge in [0.2, 0.25) is 0 Å². The van der Waals surface area contributed by atoms with E-state index in [1.807, 2.05) is 65.5 Å². The van der Waals surface area contributed by atoms with E-state index in [0.717, 1.165) is 46.5 Å². The first kappa shape index (κ1) is 29.2. The minimum absolute atomic E-state index is 0.696. The van der Waals surface area contributed by atoms with Gasteiger partial charge in [-0.3, -0.25) is 0 Å². The van der Waals surface area contributed by atoms with Crippen LogP contribution < -0.4 is 0 Å². The van der Waals surface area contributed by atoms with Gasteiger partial charge in [0.1, 0.15) is 0 Å². The highest BCUT2D eigenvalue weighted by Crippen LogP contribution is 2.29. The number of unbranched alkanes of at least 4 members (excludes halogenated alkanes) is 1. The standard InChI is InChI=1S/C20H14ClN3.C8H16N2.C4H10/c1-2-14-4-9-17-18(21)13-19(23-20(17)12-14)15-5-7-16(8-6-15)24-11-3-10-22-24;1-8(2)10-6-4-9(3)5-7-10;1-3-4-2/h2-13H,1H2;1,4-7H2,2-3H3;3-4H2,1-2H3. The van der Waals surface area contributed by atoms with Crippen molar-refractivity contribution in [3.05, 3.63) is 96.4 Å². The van der Waals surface area contributed by atoms with E-state index in [1.165, 1.54) is 31.6 Å². The third-order valence-electron chi connectivity index (χ3n) is 6.49. The number of hydrogen-bond acceptors (Lipinski definition) is 4. The minimum atomic E-state index is 0.696. The summed E-state index contributed by atoms with van der Waals surface area (Å²) in [6.45, 7) is 18.8. The summed E-state index contributed by atoms with van der Waals surface area (Å²) < 4.78 is 1.82. The number of piperazine rings is 1. The van der Waals surface area contributed by atoms with Gasteiger partial charge in [-0.2, -0.15) is 5.10 Å². The quantitative estimate of drug-likeness (QED) is 0.263. The van der Waals surface area contributed by atoms with Gasteiger partial charge in [-0.1, -0.05) is 81.8 Å². The molecule has 1 saturated heterocycles. The summed E-state index contributed by atoms with van der Waals surface area (Å²) in [6.07, 6.45) is 8.12. The van der Waals surface area contributed by atoms with Crippen LogP contribution in [-0.2, 0) is 0 Å². The summed E-state index contributed by atoms with van der Waals surface area (Å²) in [5.74, 6) is 0. The number of pyridine rings is 1. The van der Waals surface area contributed by atoms with Crippen molar-refractivity contribution in [3.63, 3.8) is 0 Å². The van der Waals surface area contributed by atoms with Crippen LogP contribution in [0.5, 0.6) is 0 Å². The molecular weight excluding hydrogens is 490 g/mol. The lowest BCUT2D eigenvalue weighted by Crippen LogP contribution is -2.43. The number of hydrogen-bond donors (Lipinski definition) is 0. The molecule has 1 aliphatic heterocycles. The number of fused-ring (bicyclic) bond motifs is 1. The molecule has 2 aromatic carbocycles. The highest BCUT2D eigenvalue weighted by Gasteiger charge is 2.12. The zero-order valence-corrected chi connectivity index (χ0v) is 24.0. The van der Waals surface area contributed by atoms with Gasteiger partial charge in [0.15, 0.2) is 0 Å². The topological polar surface area (TPSA) is 37.2 Å². The zero-order chi connectivity index (χ0) is 27.5. The van der Waals surface area contributed by atoms with Gasteiger partial charge in [-0.05, 0) is 49.9 Å². The maximum Gasteiger partial charge on any atom is 0.0730 e. The van der Waals surface area contributed by atoms with E-state index in [2.05, 4.69) is 55.9 Å². The molecule has 5 nitrogen and oxygen atoms in total. The van der Waals surface area contributed by atoms with E-state index in [1.54, 1.807) is 12.3 Å². The van der Waals surface area contributed by atoms with Crippen LogP contribution >= 0.6 is 11.6 Å². The summed E-state index contributed by atoms with van der Waals surface area (Å²) in [4.78, 5) is 9.43. The van der Waals surface area contributed by atoms with E-state index in [0.29, 0.717) is 5.02 Å². The largest absolute Gasteiger partial charge is 0.373 e. The Morgan fingerprint density at radius 1 is 1.00 bits per heavy atom. The monoisotopic (exact) mass is 529 g/mol. The first-order chi connectivity index (χ1) is 18.4. The maximum atomic E-state index is 6.44. The van der Waals surface area contributed by atoms with Gasteiger partial charge in [-0.25, -0.2) is 9.67 Å². The van der Waals surface area contributed by atoms with Crippen molar-refractivity contribution in [1.29, 1.82) is 0 Å². The van der Waals surface area contributed by atoms with E-state index >= 15 is 0 Å². The second-order valence-corrected chi connectivity index (χ2v) is 9.90. The third-order valence-corrected chi connectivity index (χ3v) is 6.81. The predicted octanol–water partition coefficient (Wildman–Crippen LogP) is 7.96. The Hall–Kier alpha value is -3.41. The molecule has 1 aliphatic rings. The second-order valence-electron chi connectivity index (χ2n) is 9.49. The molecule has 5 rings (SSSR count). The number of aromatic nitrogens is 3. The third kappa shape index (κ3) is 8.04. The van der Waals surface area contributed by atoms with Gasteiger partial charge >= 0.3 is 0 Å². The van der Waals surface area contributed by atoms with E-state index < -0.39 is 0 Å². The van der Waals surface area contributed by atoms with Crippen LogP contribution in [0, 0.1) is 0 Å². The molecule has 3 heterocycles. The van der Waals surface area contributed by atoms with E-state index in [4.69, 9.17) is 16.6 Å². The van der Waals surface area contributed by atoms with Gasteiger partial charge in [0, 0.05) is 55.2 Å². The van der Waals surface area contributed by atoms with Crippen LogP contribution in [0.2, 0.25) is 5.02 Å². The maximum absolute atomic E-state index is 6.44. The number of halogens is 1. The SMILES string of the molecule is C=C(C)N1CCN(C)CC1.C=Cc1ccc2c(Cl)cc(-c3ccc(-n4cccn4)cc3)nc2c1.CCCC. The molecule has 4 aromatic rings. The number of rotatable bonds is 5. The molecule has 200 valence electrons. The second kappa shape index (κ2) is 14.5. The first-order valence-electron chi connectivity index (χ1n) is 13.3. The summed E-state index contributed by atoms with van der Waals surface area (Å²) in [7, 11) is 2.16. The Morgan fingerprint density at radius 2 is 1.68 bits per heavy atom. The summed E-state index contributed by atoms with van der Waals surface area (Å²) in [6, 6.07) is 17.8. The smallest absolute Gasteiger partial charge is 0.0730 e. The van der Waals surface area contributed by atoms with Gasteiger partial charge in [0.25, 0.3) is 0 Å². The van der Waals surface area contributed by atoms with Crippen molar-refractivity contribution in [2.75, 3.05) is 33.2 Å². The Balaban J connectivity index is 0.000000237. The Bertz CT molecular complexity index is 1300. The highest BCUT2D eigenvalue weighted by molar-refractivity contribution is 6.35. The normalized spacial score (nSPS) is 13.2. The lowest BCUT2D eigenvalue weighted by molar-refractivity contribution is 0.187. The summed E-state index contributed by atoms with van der Waals surface area (Å²) in [5, 5.41) is 5.87. The lowest BCUT2D eigenvalue weighted by Gasteiger charge is -2.33.